The molecule has 3 nitrogen and oxygen atoms in total. The van der Waals surface area contributed by atoms with Gasteiger partial charge in [-0.05, 0) is 25.0 Å². The number of anilines is 1. The van der Waals surface area contributed by atoms with Gasteiger partial charge in [-0.2, -0.15) is 0 Å². The quantitative estimate of drug-likeness (QED) is 0.871. The highest BCUT2D eigenvalue weighted by Crippen LogP contribution is 2.38. The first-order valence-electron chi connectivity index (χ1n) is 5.83. The lowest BCUT2D eigenvalue weighted by atomic mass is 9.85. The number of benzene rings is 1. The van der Waals surface area contributed by atoms with E-state index in [9.17, 15) is 4.79 Å². The molecule has 94 valence electrons. The van der Waals surface area contributed by atoms with Crippen molar-refractivity contribution in [3.8, 4) is 0 Å². The molecule has 2 rings (SSSR count). The fourth-order valence-electron chi connectivity index (χ4n) is 2.36. The normalized spacial score (nSPS) is 17.2. The van der Waals surface area contributed by atoms with Gasteiger partial charge < -0.3 is 11.1 Å². The van der Waals surface area contributed by atoms with Crippen LogP contribution >= 0.6 is 12.4 Å². The van der Waals surface area contributed by atoms with E-state index in [-0.39, 0.29) is 23.7 Å². The van der Waals surface area contributed by atoms with E-state index in [4.69, 9.17) is 5.73 Å². The Labute approximate surface area is 108 Å². The Morgan fingerprint density at radius 1 is 1.24 bits per heavy atom. The van der Waals surface area contributed by atoms with Gasteiger partial charge in [0.1, 0.15) is 0 Å². The van der Waals surface area contributed by atoms with Gasteiger partial charge in [-0.25, -0.2) is 0 Å². The Morgan fingerprint density at radius 2 is 1.82 bits per heavy atom. The molecule has 0 saturated heterocycles. The first-order chi connectivity index (χ1) is 7.77. The molecule has 1 aromatic rings. The number of halogens is 1. The molecule has 1 amide bonds. The maximum absolute atomic E-state index is 12.2. The second-order valence-electron chi connectivity index (χ2n) is 4.51. The standard InChI is InChI=1S/C13H18N2O.ClH/c14-10-13(8-4-5-9-13)12(16)15-11-6-2-1-3-7-11;/h1-3,6-7H,4-5,8-10,14H2,(H,15,16);1H. The molecular formula is C13H19ClN2O. The third-order valence-corrected chi connectivity index (χ3v) is 3.46. The van der Waals surface area contributed by atoms with E-state index in [1.54, 1.807) is 0 Å². The molecule has 1 aliphatic rings. The molecule has 1 saturated carbocycles. The summed E-state index contributed by atoms with van der Waals surface area (Å²) in [6.07, 6.45) is 4.06. The average molecular weight is 255 g/mol. The molecule has 1 aliphatic carbocycles. The van der Waals surface area contributed by atoms with Crippen LogP contribution < -0.4 is 11.1 Å². The number of hydrogen-bond donors (Lipinski definition) is 2. The Hall–Kier alpha value is -1.06. The second kappa shape index (κ2) is 6.03. The molecule has 0 heterocycles. The minimum atomic E-state index is -0.324. The van der Waals surface area contributed by atoms with Crippen LogP contribution in [0.2, 0.25) is 0 Å². The zero-order valence-electron chi connectivity index (χ0n) is 9.82. The molecule has 1 aromatic carbocycles. The molecule has 0 aliphatic heterocycles. The number of para-hydroxylation sites is 1. The van der Waals surface area contributed by atoms with Gasteiger partial charge in [0, 0.05) is 12.2 Å². The Morgan fingerprint density at radius 3 is 2.35 bits per heavy atom. The summed E-state index contributed by atoms with van der Waals surface area (Å²) in [5, 5.41) is 2.96. The molecule has 3 N–H and O–H groups in total. The summed E-state index contributed by atoms with van der Waals surface area (Å²) in [5.74, 6) is 0.0821. The minimum absolute atomic E-state index is 0. The predicted octanol–water partition coefficient (Wildman–Crippen LogP) is 2.57. The van der Waals surface area contributed by atoms with Crippen molar-refractivity contribution >= 4 is 24.0 Å². The molecule has 4 heteroatoms. The highest BCUT2D eigenvalue weighted by Gasteiger charge is 2.39. The van der Waals surface area contributed by atoms with Gasteiger partial charge in [-0.15, -0.1) is 12.4 Å². The van der Waals surface area contributed by atoms with Gasteiger partial charge in [0.2, 0.25) is 5.91 Å². The van der Waals surface area contributed by atoms with E-state index < -0.39 is 0 Å². The number of carbonyl (C=O) groups is 1. The van der Waals surface area contributed by atoms with E-state index in [2.05, 4.69) is 5.32 Å². The van der Waals surface area contributed by atoms with Gasteiger partial charge in [0.15, 0.2) is 0 Å². The van der Waals surface area contributed by atoms with Crippen molar-refractivity contribution in [1.82, 2.24) is 0 Å². The highest BCUT2D eigenvalue weighted by molar-refractivity contribution is 5.95. The van der Waals surface area contributed by atoms with Crippen molar-refractivity contribution in [2.45, 2.75) is 25.7 Å². The zero-order chi connectivity index (χ0) is 11.4. The third kappa shape index (κ3) is 2.99. The summed E-state index contributed by atoms with van der Waals surface area (Å²) in [4.78, 5) is 12.2. The first kappa shape index (κ1) is 14.0. The van der Waals surface area contributed by atoms with Crippen molar-refractivity contribution in [3.63, 3.8) is 0 Å². The molecule has 0 spiro atoms. The van der Waals surface area contributed by atoms with Crippen LogP contribution in [-0.4, -0.2) is 12.5 Å². The minimum Gasteiger partial charge on any atom is -0.329 e. The van der Waals surface area contributed by atoms with Gasteiger partial charge >= 0.3 is 0 Å². The van der Waals surface area contributed by atoms with E-state index >= 15 is 0 Å². The summed E-state index contributed by atoms with van der Waals surface area (Å²) in [6, 6.07) is 9.57. The lowest BCUT2D eigenvalue weighted by molar-refractivity contribution is -0.124. The van der Waals surface area contributed by atoms with Crippen LogP contribution in [0.15, 0.2) is 30.3 Å². The van der Waals surface area contributed by atoms with Crippen molar-refractivity contribution < 1.29 is 4.79 Å². The van der Waals surface area contributed by atoms with Gasteiger partial charge in [-0.1, -0.05) is 31.0 Å². The summed E-state index contributed by atoms with van der Waals surface area (Å²) in [6.45, 7) is 0.450. The molecule has 1 fully saturated rings. The summed E-state index contributed by atoms with van der Waals surface area (Å²) in [5.41, 5.74) is 6.29. The lowest BCUT2D eigenvalue weighted by Gasteiger charge is -2.25. The first-order valence-corrected chi connectivity index (χ1v) is 5.83. The summed E-state index contributed by atoms with van der Waals surface area (Å²) in [7, 11) is 0. The fraction of sp³-hybridized carbons (Fsp3) is 0.462. The van der Waals surface area contributed by atoms with Crippen LogP contribution in [0, 0.1) is 5.41 Å². The molecule has 0 unspecified atom stereocenters. The van der Waals surface area contributed by atoms with Crippen molar-refractivity contribution in [1.29, 1.82) is 0 Å². The molecule has 0 atom stereocenters. The van der Waals surface area contributed by atoms with Crippen molar-refractivity contribution in [2.24, 2.45) is 11.1 Å². The number of rotatable bonds is 3. The Bertz CT molecular complexity index is 361. The highest BCUT2D eigenvalue weighted by atomic mass is 35.5. The molecule has 0 aromatic heterocycles. The van der Waals surface area contributed by atoms with Gasteiger partial charge in [0.05, 0.1) is 5.41 Å². The van der Waals surface area contributed by atoms with Crippen LogP contribution in [-0.2, 0) is 4.79 Å². The lowest BCUT2D eigenvalue weighted by Crippen LogP contribution is -2.40. The predicted molar refractivity (Wildman–Crippen MR) is 72.3 cm³/mol. The number of nitrogens with two attached hydrogens (primary N) is 1. The van der Waals surface area contributed by atoms with Crippen LogP contribution in [0.25, 0.3) is 0 Å². The van der Waals surface area contributed by atoms with Crippen LogP contribution in [0.4, 0.5) is 5.69 Å². The van der Waals surface area contributed by atoms with Crippen LogP contribution in [0.1, 0.15) is 25.7 Å². The second-order valence-corrected chi connectivity index (χ2v) is 4.51. The number of nitrogens with one attached hydrogen (secondary N) is 1. The van der Waals surface area contributed by atoms with Gasteiger partial charge in [-0.3, -0.25) is 4.79 Å². The van der Waals surface area contributed by atoms with E-state index in [0.29, 0.717) is 6.54 Å². The van der Waals surface area contributed by atoms with Crippen molar-refractivity contribution in [2.75, 3.05) is 11.9 Å². The SMILES string of the molecule is Cl.NCC1(C(=O)Nc2ccccc2)CCCC1. The van der Waals surface area contributed by atoms with Crippen LogP contribution in [0.3, 0.4) is 0 Å². The maximum atomic E-state index is 12.2. The fourth-order valence-corrected chi connectivity index (χ4v) is 2.36. The van der Waals surface area contributed by atoms with Crippen LogP contribution in [0.5, 0.6) is 0 Å². The number of amides is 1. The molecular weight excluding hydrogens is 236 g/mol. The topological polar surface area (TPSA) is 55.1 Å². The number of carbonyl (C=O) groups excluding carboxylic acids is 1. The van der Waals surface area contributed by atoms with E-state index in [0.717, 1.165) is 31.4 Å². The Kier molecular flexibility index (Phi) is 4.97. The van der Waals surface area contributed by atoms with E-state index in [1.165, 1.54) is 0 Å². The largest absolute Gasteiger partial charge is 0.329 e. The van der Waals surface area contributed by atoms with Crippen molar-refractivity contribution in [3.05, 3.63) is 30.3 Å². The van der Waals surface area contributed by atoms with Gasteiger partial charge in [0.25, 0.3) is 0 Å². The monoisotopic (exact) mass is 254 g/mol. The zero-order valence-corrected chi connectivity index (χ0v) is 10.6. The molecule has 0 bridgehead atoms. The smallest absolute Gasteiger partial charge is 0.231 e. The third-order valence-electron chi connectivity index (χ3n) is 3.46. The molecule has 17 heavy (non-hydrogen) atoms. The average Bonchev–Trinajstić information content (AvgIpc) is 2.80. The summed E-state index contributed by atoms with van der Waals surface area (Å²) >= 11 is 0. The molecule has 0 radical (unpaired) electrons. The maximum Gasteiger partial charge on any atom is 0.231 e. The Balaban J connectivity index is 0.00000144. The number of hydrogen-bond acceptors (Lipinski definition) is 2. The van der Waals surface area contributed by atoms with E-state index in [1.807, 2.05) is 30.3 Å². The summed E-state index contributed by atoms with van der Waals surface area (Å²) < 4.78 is 0.